The highest BCUT2D eigenvalue weighted by molar-refractivity contribution is 8.39. The summed E-state index contributed by atoms with van der Waals surface area (Å²) in [6, 6.07) is 0. The number of nitrogens with one attached hydrogen (secondary N) is 2. The zero-order valence-corrected chi connectivity index (χ0v) is 29.5. The van der Waals surface area contributed by atoms with Gasteiger partial charge in [-0.2, -0.15) is 0 Å². The lowest BCUT2D eigenvalue weighted by atomic mass is 9.94. The number of hydrogen-bond donors (Lipinski definition) is 6. The number of alkyl halides is 1. The van der Waals surface area contributed by atoms with Crippen LogP contribution in [0.4, 0.5) is 16.0 Å². The van der Waals surface area contributed by atoms with Crippen molar-refractivity contribution in [2.75, 3.05) is 36.9 Å². The first kappa shape index (κ1) is 35.4. The average molecular weight is 773 g/mol. The average Bonchev–Trinajstić information content (AvgIpc) is 3.90. The molecule has 19 nitrogen and oxygen atoms in total. The Morgan fingerprint density at radius 2 is 1.50 bits per heavy atom. The molecule has 3 saturated heterocycles. The second-order valence-electron chi connectivity index (χ2n) is 11.5. The van der Waals surface area contributed by atoms with Gasteiger partial charge in [-0.1, -0.05) is 12.2 Å². The third-order valence-electron chi connectivity index (χ3n) is 8.77. The highest BCUT2D eigenvalue weighted by atomic mass is 32.7. The number of aliphatic hydroxyl groups excluding tert-OH is 2. The van der Waals surface area contributed by atoms with Crippen LogP contribution in [-0.2, 0) is 32.4 Å². The van der Waals surface area contributed by atoms with Gasteiger partial charge >= 0.3 is 14.5 Å². The zero-order valence-electron chi connectivity index (χ0n) is 25.9. The number of aromatic nitrogens is 8. The van der Waals surface area contributed by atoms with E-state index in [0.717, 1.165) is 0 Å². The van der Waals surface area contributed by atoms with Crippen LogP contribution >= 0.6 is 39.0 Å². The Morgan fingerprint density at radius 3 is 2.04 bits per heavy atom. The van der Waals surface area contributed by atoms with Gasteiger partial charge in [0.2, 0.25) is 0 Å². The lowest BCUT2D eigenvalue weighted by Crippen LogP contribution is -2.49. The fraction of sp³-hybridized carbons (Fsp3) is 0.538. The molecule has 4 aromatic rings. The number of aliphatic hydroxyl groups is 2. The van der Waals surface area contributed by atoms with Crippen LogP contribution in [0.25, 0.3) is 22.3 Å². The summed E-state index contributed by atoms with van der Waals surface area (Å²) in [5.74, 6) is 0.860. The summed E-state index contributed by atoms with van der Waals surface area (Å²) in [5, 5.41) is 26.2. The standard InChI is InChI=1S/C26H29FN10O9P2S2/c1-12-26(7-39)19(46-48(41)50)18(42-12)25(44-26)37-11-35-16-21(31-9-33-23(16)37)29-5-3-2-4-28-20-15-22(32-8-30-20)36(10-34-15)24-14(27)17(45-47(40)49)13(6-38)43-24/h2-3,8-14,17-19,24-25,38-39H,4-7H2,1H3,(H2-2,28,29,30,31,32,33,40,41,49,50)/p+2/b3-2+/t12-,13+,14+,17+,18+,19-,24+,25+,26-/m0/s1. The minimum Gasteiger partial charge on any atom is -0.394 e. The molecule has 0 aromatic carbocycles. The highest BCUT2D eigenvalue weighted by Gasteiger charge is 2.69. The van der Waals surface area contributed by atoms with Crippen molar-refractivity contribution < 1.29 is 47.0 Å². The molecule has 2 unspecified atom stereocenters. The van der Waals surface area contributed by atoms with Crippen LogP contribution in [0.15, 0.2) is 37.5 Å². The number of fused-ring (bicyclic) bond motifs is 4. The highest BCUT2D eigenvalue weighted by Crippen LogP contribution is 2.53. The Labute approximate surface area is 294 Å². The van der Waals surface area contributed by atoms with Crippen molar-refractivity contribution in [1.29, 1.82) is 0 Å². The van der Waals surface area contributed by atoms with Crippen molar-refractivity contribution in [1.82, 2.24) is 39.0 Å². The van der Waals surface area contributed by atoms with E-state index in [1.54, 1.807) is 11.5 Å². The largest absolute Gasteiger partial charge is 0.582 e. The van der Waals surface area contributed by atoms with Gasteiger partial charge in [0.15, 0.2) is 70.4 Å². The Balaban J connectivity index is 0.984. The fourth-order valence-electron chi connectivity index (χ4n) is 6.43. The number of anilines is 2. The molecule has 0 saturated carbocycles. The van der Waals surface area contributed by atoms with E-state index in [2.05, 4.69) is 65.0 Å². The maximum absolute atomic E-state index is 15.3. The van der Waals surface area contributed by atoms with Crippen molar-refractivity contribution in [3.05, 3.63) is 37.5 Å². The van der Waals surface area contributed by atoms with Crippen molar-refractivity contribution in [2.45, 2.75) is 61.7 Å². The predicted molar refractivity (Wildman–Crippen MR) is 180 cm³/mol. The van der Waals surface area contributed by atoms with Gasteiger partial charge in [-0.15, -0.1) is 9.05 Å². The number of rotatable bonds is 14. The first-order valence-electron chi connectivity index (χ1n) is 15.1. The molecule has 11 atom stereocenters. The topological polar surface area (TPSA) is 232 Å². The van der Waals surface area contributed by atoms with E-state index in [1.807, 2.05) is 12.2 Å². The van der Waals surface area contributed by atoms with Gasteiger partial charge in [0.1, 0.15) is 49.4 Å². The van der Waals surface area contributed by atoms with E-state index in [4.69, 9.17) is 23.3 Å². The summed E-state index contributed by atoms with van der Waals surface area (Å²) >= 11 is 7.57. The molecule has 0 amide bonds. The van der Waals surface area contributed by atoms with Crippen LogP contribution in [0, 0.1) is 0 Å². The smallest absolute Gasteiger partial charge is 0.394 e. The molecule has 2 bridgehead atoms. The summed E-state index contributed by atoms with van der Waals surface area (Å²) in [4.78, 5) is 26.0. The maximum atomic E-state index is 15.3. The molecule has 4 aromatic heterocycles. The van der Waals surface area contributed by atoms with Gasteiger partial charge < -0.3 is 35.1 Å². The number of nitrogens with zero attached hydrogens (tertiary/aromatic N) is 8. The first-order chi connectivity index (χ1) is 24.2. The Hall–Kier alpha value is -3.01. The van der Waals surface area contributed by atoms with Crippen molar-refractivity contribution in [3.8, 4) is 0 Å². The summed E-state index contributed by atoms with van der Waals surface area (Å²) in [6.07, 6.45) is 1.13. The Kier molecular flexibility index (Phi) is 10.3. The first-order valence-corrected chi connectivity index (χ1v) is 19.8. The van der Waals surface area contributed by atoms with Crippen molar-refractivity contribution in [3.63, 3.8) is 0 Å². The fourth-order valence-corrected chi connectivity index (χ4v) is 8.01. The second-order valence-corrected chi connectivity index (χ2v) is 14.8. The number of hydrogen-bond acceptors (Lipinski definition) is 17. The lowest BCUT2D eigenvalue weighted by molar-refractivity contribution is -0.216. The summed E-state index contributed by atoms with van der Waals surface area (Å²) in [6.45, 7) is 1.52. The summed E-state index contributed by atoms with van der Waals surface area (Å²) in [5.41, 5.74) is 0.332. The third-order valence-corrected chi connectivity index (χ3v) is 10.2. The predicted octanol–water partition coefficient (Wildman–Crippen LogP) is 2.27. The molecule has 3 aliphatic rings. The number of imidazole rings is 2. The van der Waals surface area contributed by atoms with E-state index in [0.29, 0.717) is 41.4 Å². The molecule has 4 N–H and O–H groups in total. The van der Waals surface area contributed by atoms with Crippen molar-refractivity contribution >= 4 is 72.9 Å². The molecule has 50 heavy (non-hydrogen) atoms. The second kappa shape index (κ2) is 14.5. The summed E-state index contributed by atoms with van der Waals surface area (Å²) < 4.78 is 70.1. The molecular weight excluding hydrogens is 741 g/mol. The number of ether oxygens (including phenoxy) is 3. The molecule has 3 aliphatic heterocycles. The quantitative estimate of drug-likeness (QED) is 0.0613. The lowest BCUT2D eigenvalue weighted by Gasteiger charge is -2.34. The Morgan fingerprint density at radius 1 is 0.920 bits per heavy atom. The molecule has 266 valence electrons. The van der Waals surface area contributed by atoms with Crippen LogP contribution in [0.3, 0.4) is 0 Å². The molecule has 7 heterocycles. The normalized spacial score (nSPS) is 31.3. The zero-order chi connectivity index (χ0) is 35.2. The number of halogens is 1. The SMILES string of the molecule is C[C@@H]1O[C@H]2[C@H](n3cnc4c(NC/C=C/CNc5ncnc6c5ncn6[C@@H]5O[C@H](CO)[C@@H](O[P+](=O)S)[C@H]5F)ncnc43)O[C@]1(CO)[C@H]2O[P+](=O)S. The van der Waals surface area contributed by atoms with Gasteiger partial charge in [-0.05, 0) is 16.1 Å². The number of thiol groups is 2. The van der Waals surface area contributed by atoms with Crippen LogP contribution in [0.1, 0.15) is 19.4 Å². The molecule has 3 fully saturated rings. The van der Waals surface area contributed by atoms with Gasteiger partial charge in [0.25, 0.3) is 0 Å². The molecule has 0 spiro atoms. The van der Waals surface area contributed by atoms with Crippen LogP contribution in [0.5, 0.6) is 0 Å². The van der Waals surface area contributed by atoms with E-state index >= 15 is 4.39 Å². The van der Waals surface area contributed by atoms with Gasteiger partial charge in [-0.3, -0.25) is 9.13 Å². The summed E-state index contributed by atoms with van der Waals surface area (Å²) in [7, 11) is -4.71. The molecular formula is C26H31FN10O9P2S2+2. The van der Waals surface area contributed by atoms with Crippen LogP contribution < -0.4 is 10.6 Å². The van der Waals surface area contributed by atoms with Gasteiger partial charge in [0.05, 0.1) is 32.0 Å². The van der Waals surface area contributed by atoms with Gasteiger partial charge in [-0.25, -0.2) is 34.3 Å². The monoisotopic (exact) mass is 772 g/mol. The van der Waals surface area contributed by atoms with Crippen molar-refractivity contribution in [2.24, 2.45) is 0 Å². The minimum absolute atomic E-state index is 0.282. The molecule has 0 aliphatic carbocycles. The van der Waals surface area contributed by atoms with E-state index in [-0.39, 0.29) is 5.65 Å². The van der Waals surface area contributed by atoms with Gasteiger partial charge in [0, 0.05) is 13.1 Å². The van der Waals surface area contributed by atoms with Crippen LogP contribution in [-0.4, -0.2) is 118 Å². The van der Waals surface area contributed by atoms with Crippen LogP contribution in [0.2, 0.25) is 0 Å². The Bertz CT molecular complexity index is 1950. The maximum Gasteiger partial charge on any atom is 0.582 e. The van der Waals surface area contributed by atoms with E-state index < -0.39 is 82.4 Å². The third kappa shape index (κ3) is 6.25. The molecule has 24 heteroatoms. The molecule has 0 radical (unpaired) electrons. The van der Waals surface area contributed by atoms with E-state index in [1.165, 1.54) is 29.9 Å². The minimum atomic E-state index is -2.43. The van der Waals surface area contributed by atoms with E-state index in [9.17, 15) is 19.3 Å². The molecule has 7 rings (SSSR count).